The minimum absolute atomic E-state index is 0.0509. The van der Waals surface area contributed by atoms with Gasteiger partial charge in [0.1, 0.15) is 0 Å². The van der Waals surface area contributed by atoms with Gasteiger partial charge in [0.15, 0.2) is 0 Å². The van der Waals surface area contributed by atoms with E-state index in [9.17, 15) is 8.42 Å². The van der Waals surface area contributed by atoms with Crippen molar-refractivity contribution in [3.8, 4) is 0 Å². The molecule has 1 aliphatic heterocycles. The van der Waals surface area contributed by atoms with E-state index in [-0.39, 0.29) is 11.2 Å². The smallest absolute Gasteiger partial charge is 0.233 e. The second kappa shape index (κ2) is 6.74. The van der Waals surface area contributed by atoms with Gasteiger partial charge in [0.25, 0.3) is 0 Å². The summed E-state index contributed by atoms with van der Waals surface area (Å²) in [5.74, 6) is 0.606. The molecule has 6 heteroatoms. The first-order valence-corrected chi connectivity index (χ1v) is 9.55. The lowest BCUT2D eigenvalue weighted by Crippen LogP contribution is -2.32. The normalized spacial score (nSPS) is 24.7. The van der Waals surface area contributed by atoms with Crippen LogP contribution in [0.1, 0.15) is 38.5 Å². The van der Waals surface area contributed by atoms with Gasteiger partial charge >= 0.3 is 0 Å². The summed E-state index contributed by atoms with van der Waals surface area (Å²) in [6, 6.07) is 0. The van der Waals surface area contributed by atoms with Crippen LogP contribution in [-0.4, -0.2) is 40.6 Å². The van der Waals surface area contributed by atoms with Gasteiger partial charge in [0.05, 0.1) is 12.4 Å². The molecule has 0 aromatic carbocycles. The van der Waals surface area contributed by atoms with Crippen LogP contribution in [0.25, 0.3) is 0 Å². The molecule has 2 rings (SSSR count). The fourth-order valence-corrected chi connectivity index (χ4v) is 4.97. The molecule has 0 N–H and O–H groups in total. The first kappa shape index (κ1) is 15.5. The van der Waals surface area contributed by atoms with E-state index in [0.717, 1.165) is 51.7 Å². The number of hydrogen-bond donors (Lipinski definition) is 0. The van der Waals surface area contributed by atoms with Crippen LogP contribution in [0.5, 0.6) is 0 Å². The Bertz CT molecular complexity index is 370. The van der Waals surface area contributed by atoms with Crippen LogP contribution < -0.4 is 0 Å². The monoisotopic (exact) mass is 310 g/mol. The highest BCUT2D eigenvalue weighted by molar-refractivity contribution is 8.13. The molecule has 0 aromatic heterocycles. The van der Waals surface area contributed by atoms with Crippen LogP contribution in [0.3, 0.4) is 0 Å². The maximum Gasteiger partial charge on any atom is 0.233 e. The van der Waals surface area contributed by atoms with Gasteiger partial charge in [-0.1, -0.05) is 12.8 Å². The fraction of sp³-hybridized carbons (Fsp3) is 1.00. The van der Waals surface area contributed by atoms with Gasteiger partial charge in [-0.15, -0.1) is 0 Å². The van der Waals surface area contributed by atoms with Gasteiger partial charge < -0.3 is 9.47 Å². The van der Waals surface area contributed by atoms with Crippen LogP contribution in [0, 0.1) is 11.3 Å². The Morgan fingerprint density at radius 2 is 1.84 bits per heavy atom. The minimum Gasteiger partial charge on any atom is -0.381 e. The summed E-state index contributed by atoms with van der Waals surface area (Å²) in [7, 11) is 1.98. The van der Waals surface area contributed by atoms with Crippen molar-refractivity contribution in [2.75, 3.05) is 32.2 Å². The molecule has 0 spiro atoms. The first-order chi connectivity index (χ1) is 8.99. The molecule has 0 radical (unpaired) electrons. The fourth-order valence-electron chi connectivity index (χ4n) is 3.18. The molecule has 2 fully saturated rings. The lowest BCUT2D eigenvalue weighted by atomic mass is 9.90. The summed E-state index contributed by atoms with van der Waals surface area (Å²) in [5.41, 5.74) is -0.244. The molecule has 1 aliphatic carbocycles. The average molecular weight is 311 g/mol. The molecule has 0 aromatic rings. The van der Waals surface area contributed by atoms with E-state index in [1.54, 1.807) is 0 Å². The van der Waals surface area contributed by atoms with E-state index in [2.05, 4.69) is 0 Å². The number of rotatable bonds is 6. The summed E-state index contributed by atoms with van der Waals surface area (Å²) in [6.07, 6.45) is 6.06. The van der Waals surface area contributed by atoms with Gasteiger partial charge in [-0.05, 0) is 31.6 Å². The Morgan fingerprint density at radius 1 is 1.21 bits per heavy atom. The number of ether oxygens (including phenoxy) is 2. The Kier molecular flexibility index (Phi) is 5.52. The Balaban J connectivity index is 1.80. The van der Waals surface area contributed by atoms with E-state index >= 15 is 0 Å². The van der Waals surface area contributed by atoms with Crippen LogP contribution in [0.15, 0.2) is 0 Å². The summed E-state index contributed by atoms with van der Waals surface area (Å²) >= 11 is 0. The molecular formula is C13H23ClO4S. The van der Waals surface area contributed by atoms with Crippen molar-refractivity contribution in [3.63, 3.8) is 0 Å². The highest BCUT2D eigenvalue weighted by atomic mass is 35.7. The van der Waals surface area contributed by atoms with Crippen molar-refractivity contribution >= 4 is 19.7 Å². The molecule has 1 saturated carbocycles. The lowest BCUT2D eigenvalue weighted by molar-refractivity contribution is -0.00331. The SMILES string of the molecule is O=S(=O)(Cl)CC1(COCC2CCOCC2)CCCC1. The van der Waals surface area contributed by atoms with Crippen molar-refractivity contribution in [3.05, 3.63) is 0 Å². The Hall–Kier alpha value is 0.160. The first-order valence-electron chi connectivity index (χ1n) is 7.07. The van der Waals surface area contributed by atoms with Crippen molar-refractivity contribution in [2.45, 2.75) is 38.5 Å². The van der Waals surface area contributed by atoms with Gasteiger partial charge in [-0.3, -0.25) is 0 Å². The third kappa shape index (κ3) is 5.21. The zero-order chi connectivity index (χ0) is 13.8. The molecule has 19 heavy (non-hydrogen) atoms. The van der Waals surface area contributed by atoms with Crippen molar-refractivity contribution in [2.24, 2.45) is 11.3 Å². The van der Waals surface area contributed by atoms with Crippen molar-refractivity contribution < 1.29 is 17.9 Å². The quantitative estimate of drug-likeness (QED) is 0.708. The van der Waals surface area contributed by atoms with E-state index < -0.39 is 9.05 Å². The van der Waals surface area contributed by atoms with Crippen molar-refractivity contribution in [1.29, 1.82) is 0 Å². The van der Waals surface area contributed by atoms with Crippen molar-refractivity contribution in [1.82, 2.24) is 0 Å². The number of halogens is 1. The molecule has 0 amide bonds. The Morgan fingerprint density at radius 3 is 2.42 bits per heavy atom. The highest BCUT2D eigenvalue weighted by Gasteiger charge is 2.38. The molecule has 2 aliphatic rings. The van der Waals surface area contributed by atoms with Gasteiger partial charge in [0.2, 0.25) is 9.05 Å². The predicted molar refractivity (Wildman–Crippen MR) is 74.9 cm³/mol. The second-order valence-electron chi connectivity index (χ2n) is 5.96. The van der Waals surface area contributed by atoms with Crippen LogP contribution in [0.4, 0.5) is 0 Å². The van der Waals surface area contributed by atoms with Crippen LogP contribution in [0.2, 0.25) is 0 Å². The third-order valence-corrected chi connectivity index (χ3v) is 5.53. The lowest BCUT2D eigenvalue weighted by Gasteiger charge is -2.29. The maximum atomic E-state index is 11.4. The van der Waals surface area contributed by atoms with E-state index in [0.29, 0.717) is 19.1 Å². The second-order valence-corrected chi connectivity index (χ2v) is 8.74. The number of hydrogen-bond acceptors (Lipinski definition) is 4. The zero-order valence-corrected chi connectivity index (χ0v) is 12.8. The van der Waals surface area contributed by atoms with E-state index in [4.69, 9.17) is 20.2 Å². The molecule has 112 valence electrons. The van der Waals surface area contributed by atoms with E-state index in [1.165, 1.54) is 0 Å². The van der Waals surface area contributed by atoms with Crippen LogP contribution in [-0.2, 0) is 18.5 Å². The summed E-state index contributed by atoms with van der Waals surface area (Å²) in [4.78, 5) is 0. The summed E-state index contributed by atoms with van der Waals surface area (Å²) in [5, 5.41) is 0. The maximum absolute atomic E-state index is 11.4. The standard InChI is InChI=1S/C13H23ClO4S/c14-19(15,16)11-13(5-1-2-6-13)10-18-9-12-3-7-17-8-4-12/h12H,1-11H2. The Labute approximate surface area is 120 Å². The van der Waals surface area contributed by atoms with Gasteiger partial charge in [-0.2, -0.15) is 0 Å². The summed E-state index contributed by atoms with van der Waals surface area (Å²) < 4.78 is 33.8. The third-order valence-electron chi connectivity index (χ3n) is 4.25. The topological polar surface area (TPSA) is 52.6 Å². The summed E-state index contributed by atoms with van der Waals surface area (Å²) in [6.45, 7) is 2.87. The molecule has 0 atom stereocenters. The van der Waals surface area contributed by atoms with Crippen LogP contribution >= 0.6 is 10.7 Å². The molecular weight excluding hydrogens is 288 g/mol. The molecule has 1 saturated heterocycles. The highest BCUT2D eigenvalue weighted by Crippen LogP contribution is 2.40. The predicted octanol–water partition coefficient (Wildman–Crippen LogP) is 2.56. The minimum atomic E-state index is -3.45. The largest absolute Gasteiger partial charge is 0.381 e. The van der Waals surface area contributed by atoms with E-state index in [1.807, 2.05) is 0 Å². The molecule has 0 bridgehead atoms. The molecule has 0 unspecified atom stereocenters. The molecule has 1 heterocycles. The van der Waals surface area contributed by atoms with Gasteiger partial charge in [-0.25, -0.2) is 8.42 Å². The molecule has 4 nitrogen and oxygen atoms in total. The average Bonchev–Trinajstić information content (AvgIpc) is 2.77. The zero-order valence-electron chi connectivity index (χ0n) is 11.3. The van der Waals surface area contributed by atoms with Gasteiger partial charge in [0, 0.05) is 35.9 Å².